The number of hydrazone groups is 1. The van der Waals surface area contributed by atoms with Crippen LogP contribution in [0.4, 0.5) is 0 Å². The number of nitrogens with zero attached hydrogens (tertiary/aromatic N) is 2. The molecule has 0 unspecified atom stereocenters. The second-order valence-electron chi connectivity index (χ2n) is 4.82. The standard InChI is InChI=1S/C14H13N3O4/c1-21-14(20)11-9-10(15-16-11)13(19)17(12(9)18)7-8-5-3-2-4-6-8/h2-6,9-10,15H,7H2,1H3/t9-,10+/m1/s1. The van der Waals surface area contributed by atoms with Gasteiger partial charge in [-0.3, -0.25) is 19.9 Å². The number of imide groups is 1. The summed E-state index contributed by atoms with van der Waals surface area (Å²) in [6, 6.07) is 8.38. The number of fused-ring (bicyclic) bond motifs is 1. The maximum atomic E-state index is 12.4. The van der Waals surface area contributed by atoms with Crippen molar-refractivity contribution in [2.24, 2.45) is 11.0 Å². The Morgan fingerprint density at radius 3 is 2.67 bits per heavy atom. The molecule has 0 saturated carbocycles. The average molecular weight is 287 g/mol. The molecule has 0 spiro atoms. The molecule has 2 aliphatic heterocycles. The number of carbonyl (C=O) groups is 3. The molecule has 3 rings (SSSR count). The first kappa shape index (κ1) is 13.3. The van der Waals surface area contributed by atoms with E-state index in [2.05, 4.69) is 15.3 Å². The number of hydrogen-bond donors (Lipinski definition) is 1. The third kappa shape index (κ3) is 2.06. The van der Waals surface area contributed by atoms with Crippen molar-refractivity contribution < 1.29 is 19.1 Å². The minimum atomic E-state index is -0.895. The molecule has 0 aliphatic carbocycles. The third-order valence-corrected chi connectivity index (χ3v) is 3.59. The summed E-state index contributed by atoms with van der Waals surface area (Å²) in [6.07, 6.45) is 0. The lowest BCUT2D eigenvalue weighted by atomic mass is 9.99. The Labute approximate surface area is 120 Å². The van der Waals surface area contributed by atoms with E-state index < -0.39 is 23.8 Å². The number of benzene rings is 1. The molecule has 2 atom stereocenters. The summed E-state index contributed by atoms with van der Waals surface area (Å²) in [5.41, 5.74) is 3.35. The van der Waals surface area contributed by atoms with Gasteiger partial charge in [-0.15, -0.1) is 0 Å². The van der Waals surface area contributed by atoms with Crippen LogP contribution in [-0.2, 0) is 25.7 Å². The number of nitrogens with one attached hydrogen (secondary N) is 1. The zero-order chi connectivity index (χ0) is 15.0. The van der Waals surface area contributed by atoms with Gasteiger partial charge in [0.1, 0.15) is 12.0 Å². The third-order valence-electron chi connectivity index (χ3n) is 3.59. The molecule has 0 radical (unpaired) electrons. The summed E-state index contributed by atoms with van der Waals surface area (Å²) in [5, 5.41) is 3.76. The largest absolute Gasteiger partial charge is 0.464 e. The van der Waals surface area contributed by atoms with Crippen LogP contribution >= 0.6 is 0 Å². The number of carbonyl (C=O) groups excluding carboxylic acids is 3. The van der Waals surface area contributed by atoms with Crippen LogP contribution in [-0.4, -0.2) is 41.5 Å². The highest BCUT2D eigenvalue weighted by molar-refractivity contribution is 6.43. The maximum Gasteiger partial charge on any atom is 0.355 e. The number of rotatable bonds is 3. The van der Waals surface area contributed by atoms with Gasteiger partial charge in [-0.2, -0.15) is 5.10 Å². The van der Waals surface area contributed by atoms with E-state index in [0.29, 0.717) is 0 Å². The predicted octanol–water partition coefficient (Wildman–Crippen LogP) is -0.328. The van der Waals surface area contributed by atoms with Gasteiger partial charge in [-0.05, 0) is 5.56 Å². The number of esters is 1. The van der Waals surface area contributed by atoms with E-state index in [1.165, 1.54) is 7.11 Å². The Hall–Kier alpha value is -2.70. The van der Waals surface area contributed by atoms with Crippen LogP contribution in [0.5, 0.6) is 0 Å². The second kappa shape index (κ2) is 5.01. The quantitative estimate of drug-likeness (QED) is 0.607. The molecule has 1 fully saturated rings. The Kier molecular flexibility index (Phi) is 3.17. The van der Waals surface area contributed by atoms with Gasteiger partial charge in [0, 0.05) is 0 Å². The smallest absolute Gasteiger partial charge is 0.355 e. The Bertz CT molecular complexity index is 641. The molecule has 1 saturated heterocycles. The number of likely N-dealkylation sites (tertiary alicyclic amines) is 1. The Balaban J connectivity index is 1.84. The van der Waals surface area contributed by atoms with Crippen molar-refractivity contribution in [1.29, 1.82) is 0 Å². The SMILES string of the molecule is COC(=O)C1=NN[C@@H]2C(=O)N(Cc3ccccc3)C(=O)[C@@H]12. The molecular weight excluding hydrogens is 274 g/mol. The van der Waals surface area contributed by atoms with Gasteiger partial charge >= 0.3 is 5.97 Å². The second-order valence-corrected chi connectivity index (χ2v) is 4.82. The van der Waals surface area contributed by atoms with E-state index in [0.717, 1.165) is 10.5 Å². The molecule has 2 heterocycles. The topological polar surface area (TPSA) is 88.1 Å². The molecule has 2 aliphatic rings. The monoisotopic (exact) mass is 287 g/mol. The summed E-state index contributed by atoms with van der Waals surface area (Å²) >= 11 is 0. The van der Waals surface area contributed by atoms with Gasteiger partial charge in [0.15, 0.2) is 5.71 Å². The minimum Gasteiger partial charge on any atom is -0.464 e. The first-order valence-corrected chi connectivity index (χ1v) is 6.44. The predicted molar refractivity (Wildman–Crippen MR) is 71.9 cm³/mol. The molecular formula is C14H13N3O4. The lowest BCUT2D eigenvalue weighted by Crippen LogP contribution is -2.35. The van der Waals surface area contributed by atoms with Crippen LogP contribution in [0, 0.1) is 5.92 Å². The highest BCUT2D eigenvalue weighted by Gasteiger charge is 2.55. The van der Waals surface area contributed by atoms with Gasteiger partial charge in [-0.1, -0.05) is 30.3 Å². The van der Waals surface area contributed by atoms with Crippen LogP contribution in [0.3, 0.4) is 0 Å². The van der Waals surface area contributed by atoms with E-state index in [9.17, 15) is 14.4 Å². The molecule has 0 aromatic heterocycles. The van der Waals surface area contributed by atoms with Crippen molar-refractivity contribution in [3.63, 3.8) is 0 Å². The van der Waals surface area contributed by atoms with Gasteiger partial charge in [0.25, 0.3) is 5.91 Å². The molecule has 108 valence electrons. The van der Waals surface area contributed by atoms with Gasteiger partial charge in [0.05, 0.1) is 13.7 Å². The number of methoxy groups -OCH3 is 1. The van der Waals surface area contributed by atoms with E-state index in [1.807, 2.05) is 30.3 Å². The summed E-state index contributed by atoms with van der Waals surface area (Å²) in [6.45, 7) is 0.182. The average Bonchev–Trinajstić information content (AvgIpc) is 3.04. The fraction of sp³-hybridized carbons (Fsp3) is 0.286. The fourth-order valence-electron chi connectivity index (χ4n) is 2.54. The van der Waals surface area contributed by atoms with Crippen molar-refractivity contribution in [1.82, 2.24) is 10.3 Å². The fourth-order valence-corrected chi connectivity index (χ4v) is 2.54. The first-order chi connectivity index (χ1) is 10.1. The molecule has 0 bridgehead atoms. The van der Waals surface area contributed by atoms with Crippen LogP contribution in [0.15, 0.2) is 35.4 Å². The molecule has 21 heavy (non-hydrogen) atoms. The zero-order valence-electron chi connectivity index (χ0n) is 11.3. The van der Waals surface area contributed by atoms with Crippen molar-refractivity contribution in [2.45, 2.75) is 12.6 Å². The molecule has 1 N–H and O–H groups in total. The Morgan fingerprint density at radius 2 is 2.00 bits per heavy atom. The van der Waals surface area contributed by atoms with Gasteiger partial charge < -0.3 is 4.74 Å². The van der Waals surface area contributed by atoms with E-state index in [4.69, 9.17) is 0 Å². The van der Waals surface area contributed by atoms with Crippen molar-refractivity contribution in [2.75, 3.05) is 7.11 Å². The molecule has 7 heteroatoms. The highest BCUT2D eigenvalue weighted by Crippen LogP contribution is 2.27. The first-order valence-electron chi connectivity index (χ1n) is 6.44. The van der Waals surface area contributed by atoms with Crippen LogP contribution < -0.4 is 5.43 Å². The lowest BCUT2D eigenvalue weighted by Gasteiger charge is -2.15. The number of ether oxygens (including phenoxy) is 1. The van der Waals surface area contributed by atoms with E-state index >= 15 is 0 Å². The lowest BCUT2D eigenvalue weighted by molar-refractivity contribution is -0.141. The van der Waals surface area contributed by atoms with Crippen LogP contribution in [0.25, 0.3) is 0 Å². The Morgan fingerprint density at radius 1 is 1.29 bits per heavy atom. The highest BCUT2D eigenvalue weighted by atomic mass is 16.5. The molecule has 7 nitrogen and oxygen atoms in total. The van der Waals surface area contributed by atoms with Gasteiger partial charge in [0.2, 0.25) is 5.91 Å². The molecule has 1 aromatic rings. The summed E-state index contributed by atoms with van der Waals surface area (Å²) in [5.74, 6) is -2.40. The van der Waals surface area contributed by atoms with Crippen molar-refractivity contribution in [3.05, 3.63) is 35.9 Å². The number of hydrogen-bond acceptors (Lipinski definition) is 6. The van der Waals surface area contributed by atoms with E-state index in [-0.39, 0.29) is 18.2 Å². The van der Waals surface area contributed by atoms with Crippen LogP contribution in [0.1, 0.15) is 5.56 Å². The van der Waals surface area contributed by atoms with Crippen molar-refractivity contribution in [3.8, 4) is 0 Å². The maximum absolute atomic E-state index is 12.4. The molecule has 1 aromatic carbocycles. The summed E-state index contributed by atoms with van der Waals surface area (Å²) in [4.78, 5) is 37.4. The van der Waals surface area contributed by atoms with Crippen LogP contribution in [0.2, 0.25) is 0 Å². The summed E-state index contributed by atoms with van der Waals surface area (Å²) in [7, 11) is 1.21. The van der Waals surface area contributed by atoms with E-state index in [1.54, 1.807) is 0 Å². The minimum absolute atomic E-state index is 0.0450. The molecule has 2 amide bonds. The van der Waals surface area contributed by atoms with Crippen molar-refractivity contribution >= 4 is 23.5 Å². The normalized spacial score (nSPS) is 23.7. The summed E-state index contributed by atoms with van der Waals surface area (Å²) < 4.78 is 4.59. The zero-order valence-corrected chi connectivity index (χ0v) is 11.3. The van der Waals surface area contributed by atoms with Gasteiger partial charge in [-0.25, -0.2) is 4.79 Å². The number of amides is 2.